The van der Waals surface area contributed by atoms with E-state index in [-0.39, 0.29) is 24.0 Å². The van der Waals surface area contributed by atoms with Crippen LogP contribution in [-0.4, -0.2) is 74.9 Å². The van der Waals surface area contributed by atoms with Gasteiger partial charge in [0, 0.05) is 59.3 Å². The molecule has 1 aromatic carbocycles. The molecule has 6 nitrogen and oxygen atoms in total. The van der Waals surface area contributed by atoms with Crippen molar-refractivity contribution in [3.05, 3.63) is 35.4 Å². The Labute approximate surface area is 193 Å². The minimum atomic E-state index is 0. The van der Waals surface area contributed by atoms with E-state index in [4.69, 9.17) is 9.47 Å². The van der Waals surface area contributed by atoms with Gasteiger partial charge in [0.2, 0.25) is 0 Å². The van der Waals surface area contributed by atoms with Crippen molar-refractivity contribution < 1.29 is 9.47 Å². The zero-order valence-corrected chi connectivity index (χ0v) is 20.6. The molecule has 1 aromatic rings. The lowest BCUT2D eigenvalue weighted by molar-refractivity contribution is -0.0704. The van der Waals surface area contributed by atoms with Gasteiger partial charge in [-0.05, 0) is 31.4 Å². The summed E-state index contributed by atoms with van der Waals surface area (Å²) in [6.45, 7) is 11.0. The number of nitrogens with one attached hydrogen (secondary N) is 1. The Hall–Kier alpha value is -0.900. The Morgan fingerprint density at radius 2 is 1.79 bits per heavy atom. The zero-order valence-electron chi connectivity index (χ0n) is 18.3. The number of nitrogens with zero attached hydrogens (tertiary/aromatic N) is 3. The van der Waals surface area contributed by atoms with Crippen LogP contribution in [0.1, 0.15) is 31.4 Å². The molecular weight excluding hydrogens is 479 g/mol. The first-order valence-electron chi connectivity index (χ1n) is 10.5. The number of rotatable bonds is 6. The van der Waals surface area contributed by atoms with Crippen LogP contribution in [0.4, 0.5) is 0 Å². The number of hydrogen-bond acceptors (Lipinski definition) is 4. The smallest absolute Gasteiger partial charge is 0.193 e. The van der Waals surface area contributed by atoms with Gasteiger partial charge in [-0.3, -0.25) is 9.89 Å². The van der Waals surface area contributed by atoms with Crippen LogP contribution in [0.25, 0.3) is 0 Å². The first kappa shape index (κ1) is 24.4. The highest BCUT2D eigenvalue weighted by Gasteiger charge is 2.24. The Morgan fingerprint density at radius 3 is 2.41 bits per heavy atom. The summed E-state index contributed by atoms with van der Waals surface area (Å²) in [4.78, 5) is 9.28. The topological polar surface area (TPSA) is 49.3 Å². The molecule has 0 amide bonds. The number of guanidine groups is 1. The Balaban J connectivity index is 0.00000300. The van der Waals surface area contributed by atoms with Crippen LogP contribution in [0.15, 0.2) is 29.3 Å². The Bertz CT molecular complexity index is 630. The monoisotopic (exact) mass is 516 g/mol. The summed E-state index contributed by atoms with van der Waals surface area (Å²) in [5, 5.41) is 3.51. The number of aliphatic imine (C=N–C) groups is 1. The summed E-state index contributed by atoms with van der Waals surface area (Å²) < 4.78 is 11.1. The molecule has 164 valence electrons. The van der Waals surface area contributed by atoms with Crippen LogP contribution in [0.5, 0.6) is 0 Å². The van der Waals surface area contributed by atoms with E-state index in [9.17, 15) is 0 Å². The van der Waals surface area contributed by atoms with Gasteiger partial charge < -0.3 is 19.7 Å². The summed E-state index contributed by atoms with van der Waals surface area (Å²) >= 11 is 0. The number of likely N-dealkylation sites (tertiary alicyclic amines) is 1. The number of morpholine rings is 1. The van der Waals surface area contributed by atoms with Crippen molar-refractivity contribution in [1.82, 2.24) is 15.1 Å². The first-order chi connectivity index (χ1) is 13.6. The SMILES string of the molecule is CN=C(NCc1ccc(CN2CC(C)OC(C)C2)cc1)N1CCC(COC)C1.I. The predicted molar refractivity (Wildman–Crippen MR) is 129 cm³/mol. The largest absolute Gasteiger partial charge is 0.384 e. The molecule has 0 radical (unpaired) electrons. The van der Waals surface area contributed by atoms with E-state index in [1.54, 1.807) is 7.11 Å². The number of halogens is 1. The summed E-state index contributed by atoms with van der Waals surface area (Å²) in [7, 11) is 3.64. The predicted octanol–water partition coefficient (Wildman–Crippen LogP) is 2.96. The summed E-state index contributed by atoms with van der Waals surface area (Å²) in [6, 6.07) is 8.94. The van der Waals surface area contributed by atoms with Gasteiger partial charge in [-0.1, -0.05) is 24.3 Å². The van der Waals surface area contributed by atoms with Crippen LogP contribution in [0.3, 0.4) is 0 Å². The summed E-state index contributed by atoms with van der Waals surface area (Å²) in [6.07, 6.45) is 1.79. The van der Waals surface area contributed by atoms with Crippen molar-refractivity contribution in [3.8, 4) is 0 Å². The Kier molecular flexibility index (Phi) is 10.1. The van der Waals surface area contributed by atoms with Gasteiger partial charge in [0.25, 0.3) is 0 Å². The molecule has 2 aliphatic heterocycles. The molecular formula is C22H37IN4O2. The quantitative estimate of drug-likeness (QED) is 0.358. The van der Waals surface area contributed by atoms with E-state index in [1.807, 2.05) is 7.05 Å². The van der Waals surface area contributed by atoms with Gasteiger partial charge >= 0.3 is 0 Å². The lowest BCUT2D eigenvalue weighted by atomic mass is 10.1. The molecule has 3 unspecified atom stereocenters. The molecule has 3 atom stereocenters. The van der Waals surface area contributed by atoms with Gasteiger partial charge in [0.05, 0.1) is 18.8 Å². The second-order valence-electron chi connectivity index (χ2n) is 8.22. The third kappa shape index (κ3) is 7.38. The minimum Gasteiger partial charge on any atom is -0.384 e. The van der Waals surface area contributed by atoms with Gasteiger partial charge in [0.1, 0.15) is 0 Å². The maximum atomic E-state index is 5.83. The number of methoxy groups -OCH3 is 1. The standard InChI is InChI=1S/C22H36N4O2.HI/c1-17-12-25(13-18(2)28-17)14-20-7-5-19(6-8-20)11-24-22(23-3)26-10-9-21(15-26)16-27-4;/h5-8,17-18,21H,9-16H2,1-4H3,(H,23,24);1H. The van der Waals surface area contributed by atoms with Crippen LogP contribution in [0, 0.1) is 5.92 Å². The molecule has 0 saturated carbocycles. The van der Waals surface area contributed by atoms with Crippen molar-refractivity contribution in [2.75, 3.05) is 46.9 Å². The van der Waals surface area contributed by atoms with Crippen molar-refractivity contribution in [3.63, 3.8) is 0 Å². The van der Waals surface area contributed by atoms with Gasteiger partial charge in [-0.2, -0.15) is 0 Å². The molecule has 2 aliphatic rings. The highest BCUT2D eigenvalue weighted by Crippen LogP contribution is 2.17. The van der Waals surface area contributed by atoms with Crippen LogP contribution < -0.4 is 5.32 Å². The van der Waals surface area contributed by atoms with E-state index in [0.29, 0.717) is 18.1 Å². The summed E-state index contributed by atoms with van der Waals surface area (Å²) in [5.41, 5.74) is 2.64. The normalized spacial score (nSPS) is 25.7. The molecule has 0 bridgehead atoms. The lowest BCUT2D eigenvalue weighted by Gasteiger charge is -2.35. The van der Waals surface area contributed by atoms with Gasteiger partial charge in [0.15, 0.2) is 5.96 Å². The molecule has 0 spiro atoms. The van der Waals surface area contributed by atoms with E-state index in [2.05, 4.69) is 58.2 Å². The van der Waals surface area contributed by atoms with Crippen molar-refractivity contribution in [2.24, 2.45) is 10.9 Å². The van der Waals surface area contributed by atoms with Crippen molar-refractivity contribution in [1.29, 1.82) is 0 Å². The molecule has 0 aromatic heterocycles. The van der Waals surface area contributed by atoms with Crippen molar-refractivity contribution >= 4 is 29.9 Å². The second kappa shape index (κ2) is 12.1. The molecule has 1 N–H and O–H groups in total. The summed E-state index contributed by atoms with van der Waals surface area (Å²) in [5.74, 6) is 1.59. The van der Waals surface area contributed by atoms with E-state index >= 15 is 0 Å². The number of benzene rings is 1. The maximum absolute atomic E-state index is 5.83. The molecule has 29 heavy (non-hydrogen) atoms. The third-order valence-corrected chi connectivity index (χ3v) is 5.57. The fraction of sp³-hybridized carbons (Fsp3) is 0.682. The lowest BCUT2D eigenvalue weighted by Crippen LogP contribution is -2.44. The van der Waals surface area contributed by atoms with Crippen molar-refractivity contribution in [2.45, 2.75) is 45.6 Å². The van der Waals surface area contributed by atoms with E-state index < -0.39 is 0 Å². The molecule has 2 saturated heterocycles. The molecule has 0 aliphatic carbocycles. The fourth-order valence-corrected chi connectivity index (χ4v) is 4.34. The molecule has 3 rings (SSSR count). The van der Waals surface area contributed by atoms with Crippen LogP contribution in [-0.2, 0) is 22.6 Å². The highest BCUT2D eigenvalue weighted by molar-refractivity contribution is 14.0. The molecule has 7 heteroatoms. The fourth-order valence-electron chi connectivity index (χ4n) is 4.34. The average molecular weight is 516 g/mol. The minimum absolute atomic E-state index is 0. The van der Waals surface area contributed by atoms with E-state index in [0.717, 1.165) is 51.8 Å². The third-order valence-electron chi connectivity index (χ3n) is 5.57. The number of ether oxygens (including phenoxy) is 2. The Morgan fingerprint density at radius 1 is 1.14 bits per heavy atom. The van der Waals surface area contributed by atoms with Crippen LogP contribution >= 0.6 is 24.0 Å². The first-order valence-corrected chi connectivity index (χ1v) is 10.5. The highest BCUT2D eigenvalue weighted by atomic mass is 127. The average Bonchev–Trinajstić information content (AvgIpc) is 3.11. The molecule has 2 heterocycles. The zero-order chi connectivity index (χ0) is 19.9. The van der Waals surface area contributed by atoms with Crippen LogP contribution in [0.2, 0.25) is 0 Å². The molecule has 2 fully saturated rings. The maximum Gasteiger partial charge on any atom is 0.193 e. The number of hydrogen-bond donors (Lipinski definition) is 1. The van der Waals surface area contributed by atoms with E-state index in [1.165, 1.54) is 17.5 Å². The van der Waals surface area contributed by atoms with Gasteiger partial charge in [-0.25, -0.2) is 0 Å². The van der Waals surface area contributed by atoms with Gasteiger partial charge in [-0.15, -0.1) is 24.0 Å². The second-order valence-corrected chi connectivity index (χ2v) is 8.22.